The first-order valence-electron chi connectivity index (χ1n) is 9.92. The fourth-order valence-electron chi connectivity index (χ4n) is 3.55. The molecule has 7 heteroatoms. The SMILES string of the molecule is CCOc1ccc(CC(=O)Nc2nc(-c3ccc4c(c3)N(C(C)=O)CC4)cs2)cc1. The summed E-state index contributed by atoms with van der Waals surface area (Å²) >= 11 is 1.39. The van der Waals surface area contributed by atoms with E-state index in [-0.39, 0.29) is 18.2 Å². The Labute approximate surface area is 179 Å². The number of nitrogens with zero attached hydrogens (tertiary/aromatic N) is 2. The van der Waals surface area contributed by atoms with E-state index in [1.165, 1.54) is 16.9 Å². The summed E-state index contributed by atoms with van der Waals surface area (Å²) in [4.78, 5) is 30.6. The highest BCUT2D eigenvalue weighted by atomic mass is 32.1. The second kappa shape index (κ2) is 8.67. The second-order valence-corrected chi connectivity index (χ2v) is 7.96. The van der Waals surface area contributed by atoms with E-state index in [4.69, 9.17) is 4.74 Å². The number of fused-ring (bicyclic) bond motifs is 1. The van der Waals surface area contributed by atoms with E-state index in [1.807, 2.05) is 48.7 Å². The van der Waals surface area contributed by atoms with E-state index in [2.05, 4.69) is 16.4 Å². The van der Waals surface area contributed by atoms with Gasteiger partial charge >= 0.3 is 0 Å². The van der Waals surface area contributed by atoms with Crippen molar-refractivity contribution in [2.45, 2.75) is 26.7 Å². The average molecular weight is 422 g/mol. The molecule has 4 rings (SSSR count). The predicted molar refractivity (Wildman–Crippen MR) is 119 cm³/mol. The normalized spacial score (nSPS) is 12.5. The van der Waals surface area contributed by atoms with E-state index in [9.17, 15) is 9.59 Å². The third-order valence-electron chi connectivity index (χ3n) is 5.01. The molecule has 1 aliphatic rings. The van der Waals surface area contributed by atoms with Crippen LogP contribution < -0.4 is 15.0 Å². The van der Waals surface area contributed by atoms with Gasteiger partial charge in [-0.15, -0.1) is 11.3 Å². The Balaban J connectivity index is 1.42. The lowest BCUT2D eigenvalue weighted by atomic mass is 10.1. The van der Waals surface area contributed by atoms with Crippen LogP contribution >= 0.6 is 11.3 Å². The molecule has 1 aliphatic heterocycles. The Morgan fingerprint density at radius 2 is 2.00 bits per heavy atom. The number of carbonyl (C=O) groups excluding carboxylic acids is 2. The van der Waals surface area contributed by atoms with Crippen LogP contribution in [0.15, 0.2) is 47.8 Å². The van der Waals surface area contributed by atoms with Crippen LogP contribution in [0.1, 0.15) is 25.0 Å². The number of amides is 2. The van der Waals surface area contributed by atoms with Crippen LogP contribution in [0, 0.1) is 0 Å². The van der Waals surface area contributed by atoms with E-state index in [0.717, 1.165) is 41.2 Å². The minimum Gasteiger partial charge on any atom is -0.494 e. The number of benzene rings is 2. The van der Waals surface area contributed by atoms with Crippen molar-refractivity contribution in [2.75, 3.05) is 23.4 Å². The summed E-state index contributed by atoms with van der Waals surface area (Å²) in [5.74, 6) is 0.729. The first kappa shape index (κ1) is 20.1. The summed E-state index contributed by atoms with van der Waals surface area (Å²) < 4.78 is 5.42. The number of hydrogen-bond acceptors (Lipinski definition) is 5. The first-order valence-corrected chi connectivity index (χ1v) is 10.8. The standard InChI is InChI=1S/C23H23N3O3S/c1-3-29-19-8-4-16(5-9-19)12-22(28)25-23-24-20(14-30-23)18-7-6-17-10-11-26(15(2)27)21(17)13-18/h4-9,13-14H,3,10-12H2,1-2H3,(H,24,25,28). The summed E-state index contributed by atoms with van der Waals surface area (Å²) in [6.45, 7) is 4.86. The van der Waals surface area contributed by atoms with Crippen LogP contribution in [0.2, 0.25) is 0 Å². The lowest BCUT2D eigenvalue weighted by molar-refractivity contribution is -0.117. The van der Waals surface area contributed by atoms with Gasteiger partial charge in [0.05, 0.1) is 18.7 Å². The highest BCUT2D eigenvalue weighted by molar-refractivity contribution is 7.14. The maximum Gasteiger partial charge on any atom is 0.230 e. The van der Waals surface area contributed by atoms with Crippen molar-refractivity contribution in [3.63, 3.8) is 0 Å². The molecule has 0 saturated heterocycles. The number of aromatic nitrogens is 1. The minimum atomic E-state index is -0.114. The fourth-order valence-corrected chi connectivity index (χ4v) is 4.28. The Morgan fingerprint density at radius 1 is 1.20 bits per heavy atom. The molecule has 0 atom stereocenters. The average Bonchev–Trinajstić information content (AvgIpc) is 3.36. The Kier molecular flexibility index (Phi) is 5.81. The number of rotatable bonds is 6. The van der Waals surface area contributed by atoms with Gasteiger partial charge in [0.25, 0.3) is 0 Å². The summed E-state index contributed by atoms with van der Waals surface area (Å²) in [7, 11) is 0. The van der Waals surface area contributed by atoms with Crippen LogP contribution in [0.3, 0.4) is 0 Å². The molecular weight excluding hydrogens is 398 g/mol. The number of hydrogen-bond donors (Lipinski definition) is 1. The van der Waals surface area contributed by atoms with Gasteiger partial charge in [-0.25, -0.2) is 4.98 Å². The molecule has 2 heterocycles. The van der Waals surface area contributed by atoms with Gasteiger partial charge < -0.3 is 15.0 Å². The molecule has 30 heavy (non-hydrogen) atoms. The van der Waals surface area contributed by atoms with Gasteiger partial charge in [0.15, 0.2) is 5.13 Å². The molecule has 0 aliphatic carbocycles. The monoisotopic (exact) mass is 421 g/mol. The third-order valence-corrected chi connectivity index (χ3v) is 5.76. The molecule has 1 N–H and O–H groups in total. The third kappa shape index (κ3) is 4.36. The molecule has 0 spiro atoms. The number of thiazole rings is 1. The van der Waals surface area contributed by atoms with Gasteiger partial charge in [0.1, 0.15) is 5.75 Å². The molecule has 1 aromatic heterocycles. The van der Waals surface area contributed by atoms with Gasteiger partial charge in [-0.2, -0.15) is 0 Å². The van der Waals surface area contributed by atoms with Crippen LogP contribution in [0.4, 0.5) is 10.8 Å². The molecule has 0 fully saturated rings. The van der Waals surface area contributed by atoms with E-state index in [1.54, 1.807) is 11.8 Å². The minimum absolute atomic E-state index is 0.0476. The lowest BCUT2D eigenvalue weighted by Gasteiger charge is -2.15. The van der Waals surface area contributed by atoms with E-state index < -0.39 is 0 Å². The maximum absolute atomic E-state index is 12.4. The topological polar surface area (TPSA) is 71.5 Å². The first-order chi connectivity index (χ1) is 14.5. The van der Waals surface area contributed by atoms with E-state index >= 15 is 0 Å². The molecule has 0 radical (unpaired) electrons. The Bertz CT molecular complexity index is 1080. The fraction of sp³-hybridized carbons (Fsp3) is 0.261. The van der Waals surface area contributed by atoms with E-state index in [0.29, 0.717) is 11.7 Å². The van der Waals surface area contributed by atoms with Crippen molar-refractivity contribution in [1.82, 2.24) is 4.98 Å². The molecule has 2 amide bonds. The molecule has 0 unspecified atom stereocenters. The van der Waals surface area contributed by atoms with Crippen molar-refractivity contribution in [3.05, 3.63) is 59.0 Å². The quantitative estimate of drug-likeness (QED) is 0.644. The maximum atomic E-state index is 12.4. The second-order valence-electron chi connectivity index (χ2n) is 7.10. The molecule has 2 aromatic carbocycles. The van der Waals surface area contributed by atoms with Gasteiger partial charge in [-0.1, -0.05) is 24.3 Å². The molecule has 0 saturated carbocycles. The van der Waals surface area contributed by atoms with Crippen LogP contribution in [-0.2, 0) is 22.4 Å². The largest absolute Gasteiger partial charge is 0.494 e. The summed E-state index contributed by atoms with van der Waals surface area (Å²) in [6.07, 6.45) is 1.15. The molecule has 6 nitrogen and oxygen atoms in total. The Morgan fingerprint density at radius 3 is 2.73 bits per heavy atom. The summed E-state index contributed by atoms with van der Waals surface area (Å²) in [6, 6.07) is 13.6. The van der Waals surface area contributed by atoms with Crippen molar-refractivity contribution >= 4 is 34.0 Å². The van der Waals surface area contributed by atoms with Crippen LogP contribution in [0.5, 0.6) is 5.75 Å². The van der Waals surface area contributed by atoms with Gasteiger partial charge in [-0.3, -0.25) is 9.59 Å². The van der Waals surface area contributed by atoms with Crippen molar-refractivity contribution in [2.24, 2.45) is 0 Å². The van der Waals surface area contributed by atoms with Crippen molar-refractivity contribution in [3.8, 4) is 17.0 Å². The van der Waals surface area contributed by atoms with Gasteiger partial charge in [0, 0.05) is 30.1 Å². The smallest absolute Gasteiger partial charge is 0.230 e. The zero-order valence-corrected chi connectivity index (χ0v) is 17.8. The van der Waals surface area contributed by atoms with Crippen LogP contribution in [-0.4, -0.2) is 29.9 Å². The highest BCUT2D eigenvalue weighted by Crippen LogP contribution is 2.34. The van der Waals surface area contributed by atoms with Gasteiger partial charge in [-0.05, 0) is 42.7 Å². The lowest BCUT2D eigenvalue weighted by Crippen LogP contribution is -2.25. The number of nitrogens with one attached hydrogen (secondary N) is 1. The van der Waals surface area contributed by atoms with Crippen LogP contribution in [0.25, 0.3) is 11.3 Å². The zero-order chi connectivity index (χ0) is 21.1. The van der Waals surface area contributed by atoms with Gasteiger partial charge in [0.2, 0.25) is 11.8 Å². The Hall–Kier alpha value is -3.19. The molecule has 0 bridgehead atoms. The molecule has 154 valence electrons. The number of carbonyl (C=O) groups is 2. The number of anilines is 2. The van der Waals surface area contributed by atoms with Crippen molar-refractivity contribution < 1.29 is 14.3 Å². The zero-order valence-electron chi connectivity index (χ0n) is 17.0. The number of ether oxygens (including phenoxy) is 1. The highest BCUT2D eigenvalue weighted by Gasteiger charge is 2.22. The molecular formula is C23H23N3O3S. The summed E-state index contributed by atoms with van der Waals surface area (Å²) in [5, 5.41) is 5.35. The molecule has 3 aromatic rings. The predicted octanol–water partition coefficient (Wildman–Crippen LogP) is 4.30. The van der Waals surface area contributed by atoms with Crippen molar-refractivity contribution in [1.29, 1.82) is 0 Å². The summed E-state index contributed by atoms with van der Waals surface area (Å²) in [5.41, 5.74) is 4.76.